The lowest BCUT2D eigenvalue weighted by molar-refractivity contribution is -0.122. The number of para-hydroxylation sites is 2. The van der Waals surface area contributed by atoms with Crippen molar-refractivity contribution in [1.82, 2.24) is 0 Å². The number of amides is 1. The molecule has 22 heavy (non-hydrogen) atoms. The topological polar surface area (TPSA) is 47.6 Å². The summed E-state index contributed by atoms with van der Waals surface area (Å²) in [6.45, 7) is 1.64. The van der Waals surface area contributed by atoms with Gasteiger partial charge in [-0.1, -0.05) is 41.4 Å². The van der Waals surface area contributed by atoms with Gasteiger partial charge in [0.2, 0.25) is 0 Å². The van der Waals surface area contributed by atoms with E-state index >= 15 is 0 Å². The van der Waals surface area contributed by atoms with E-state index in [4.69, 9.17) is 32.7 Å². The van der Waals surface area contributed by atoms with Gasteiger partial charge in [0, 0.05) is 0 Å². The zero-order chi connectivity index (χ0) is 16.1. The van der Waals surface area contributed by atoms with Crippen LogP contribution in [0.15, 0.2) is 42.5 Å². The van der Waals surface area contributed by atoms with Crippen LogP contribution >= 0.6 is 23.2 Å². The Morgan fingerprint density at radius 2 is 1.77 bits per heavy atom. The van der Waals surface area contributed by atoms with Crippen LogP contribution in [0.25, 0.3) is 0 Å². The number of hydrogen-bond acceptors (Lipinski definition) is 3. The maximum absolute atomic E-state index is 12.2. The molecule has 0 bridgehead atoms. The minimum absolute atomic E-state index is 0.294. The van der Waals surface area contributed by atoms with Crippen LogP contribution in [0.3, 0.4) is 0 Å². The second kappa shape index (κ2) is 7.38. The Kier molecular flexibility index (Phi) is 5.52. The normalized spacial score (nSPS) is 11.6. The number of ether oxygens (including phenoxy) is 2. The van der Waals surface area contributed by atoms with E-state index in [9.17, 15) is 4.79 Å². The van der Waals surface area contributed by atoms with Gasteiger partial charge in [-0.2, -0.15) is 0 Å². The Morgan fingerprint density at radius 1 is 1.09 bits per heavy atom. The number of carbonyl (C=O) groups excluding carboxylic acids is 1. The zero-order valence-corrected chi connectivity index (χ0v) is 13.6. The number of halogens is 2. The van der Waals surface area contributed by atoms with Gasteiger partial charge in [-0.3, -0.25) is 4.79 Å². The summed E-state index contributed by atoms with van der Waals surface area (Å²) in [5.74, 6) is 0.711. The zero-order valence-electron chi connectivity index (χ0n) is 12.1. The van der Waals surface area contributed by atoms with Gasteiger partial charge < -0.3 is 14.8 Å². The van der Waals surface area contributed by atoms with E-state index in [1.165, 1.54) is 0 Å². The molecule has 1 unspecified atom stereocenters. The number of hydrogen-bond donors (Lipinski definition) is 1. The monoisotopic (exact) mass is 339 g/mol. The summed E-state index contributed by atoms with van der Waals surface area (Å²) in [6, 6.07) is 12.1. The first kappa shape index (κ1) is 16.5. The molecular formula is C16H15Cl2NO3. The molecular weight excluding hydrogens is 325 g/mol. The Labute approximate surface area is 138 Å². The molecule has 0 aromatic heterocycles. The van der Waals surface area contributed by atoms with Gasteiger partial charge in [0.15, 0.2) is 17.6 Å². The van der Waals surface area contributed by atoms with Crippen molar-refractivity contribution in [3.8, 4) is 11.5 Å². The quantitative estimate of drug-likeness (QED) is 0.877. The summed E-state index contributed by atoms with van der Waals surface area (Å²) in [6.07, 6.45) is -0.730. The predicted octanol–water partition coefficient (Wildman–Crippen LogP) is 4.41. The van der Waals surface area contributed by atoms with E-state index in [2.05, 4.69) is 5.32 Å². The smallest absolute Gasteiger partial charge is 0.265 e. The minimum Gasteiger partial charge on any atom is -0.493 e. The summed E-state index contributed by atoms with van der Waals surface area (Å²) in [5.41, 5.74) is 0.439. The maximum Gasteiger partial charge on any atom is 0.265 e. The molecule has 2 aromatic rings. The van der Waals surface area contributed by atoms with Crippen molar-refractivity contribution < 1.29 is 14.3 Å². The van der Waals surface area contributed by atoms with Crippen LogP contribution in [0.4, 0.5) is 5.69 Å². The molecule has 0 saturated carbocycles. The molecule has 2 aromatic carbocycles. The highest BCUT2D eigenvalue weighted by Gasteiger charge is 2.18. The van der Waals surface area contributed by atoms with Crippen LogP contribution in [0.1, 0.15) is 6.92 Å². The van der Waals surface area contributed by atoms with Crippen LogP contribution < -0.4 is 14.8 Å². The molecule has 0 aliphatic heterocycles. The Bertz CT molecular complexity index is 676. The molecule has 0 aliphatic rings. The summed E-state index contributed by atoms with van der Waals surface area (Å²) < 4.78 is 10.8. The molecule has 116 valence electrons. The van der Waals surface area contributed by atoms with Crippen molar-refractivity contribution >= 4 is 34.8 Å². The van der Waals surface area contributed by atoms with Gasteiger partial charge in [-0.05, 0) is 31.2 Å². The van der Waals surface area contributed by atoms with E-state index in [-0.39, 0.29) is 5.91 Å². The first-order chi connectivity index (χ1) is 10.5. The van der Waals surface area contributed by atoms with Crippen molar-refractivity contribution in [2.24, 2.45) is 0 Å². The summed E-state index contributed by atoms with van der Waals surface area (Å²) in [7, 11) is 1.54. The Hall–Kier alpha value is -1.91. The summed E-state index contributed by atoms with van der Waals surface area (Å²) in [5, 5.41) is 3.35. The predicted molar refractivity (Wildman–Crippen MR) is 88.2 cm³/mol. The standard InChI is InChI=1S/C16H15Cl2NO3/c1-10(22-14-9-4-3-8-13(14)21-2)16(20)19-12-7-5-6-11(17)15(12)18/h3-10H,1-2H3,(H,19,20). The molecule has 1 N–H and O–H groups in total. The van der Waals surface area contributed by atoms with Crippen molar-refractivity contribution in [1.29, 1.82) is 0 Å². The van der Waals surface area contributed by atoms with Crippen LogP contribution in [0.5, 0.6) is 11.5 Å². The average Bonchev–Trinajstić information content (AvgIpc) is 2.52. The molecule has 1 atom stereocenters. The second-order valence-electron chi connectivity index (χ2n) is 4.50. The Morgan fingerprint density at radius 3 is 2.45 bits per heavy atom. The molecule has 6 heteroatoms. The van der Waals surface area contributed by atoms with Gasteiger partial charge >= 0.3 is 0 Å². The SMILES string of the molecule is COc1ccccc1OC(C)C(=O)Nc1cccc(Cl)c1Cl. The van der Waals surface area contributed by atoms with Gasteiger partial charge in [-0.25, -0.2) is 0 Å². The van der Waals surface area contributed by atoms with E-state index in [1.807, 2.05) is 6.07 Å². The third-order valence-corrected chi connectivity index (χ3v) is 3.77. The number of rotatable bonds is 5. The van der Waals surface area contributed by atoms with Crippen LogP contribution in [-0.2, 0) is 4.79 Å². The highest BCUT2D eigenvalue weighted by Crippen LogP contribution is 2.30. The lowest BCUT2D eigenvalue weighted by Crippen LogP contribution is -2.30. The van der Waals surface area contributed by atoms with Gasteiger partial charge in [0.05, 0.1) is 22.8 Å². The first-order valence-corrected chi connectivity index (χ1v) is 7.33. The van der Waals surface area contributed by atoms with Crippen molar-refractivity contribution in [2.45, 2.75) is 13.0 Å². The molecule has 0 fully saturated rings. The lowest BCUT2D eigenvalue weighted by Gasteiger charge is -2.17. The average molecular weight is 340 g/mol. The third kappa shape index (κ3) is 3.84. The maximum atomic E-state index is 12.2. The molecule has 1 amide bonds. The largest absolute Gasteiger partial charge is 0.493 e. The number of nitrogens with one attached hydrogen (secondary N) is 1. The van der Waals surface area contributed by atoms with E-state index in [1.54, 1.807) is 50.4 Å². The molecule has 2 rings (SSSR count). The second-order valence-corrected chi connectivity index (χ2v) is 5.29. The highest BCUT2D eigenvalue weighted by molar-refractivity contribution is 6.44. The molecule has 4 nitrogen and oxygen atoms in total. The summed E-state index contributed by atoms with van der Waals surface area (Å²) >= 11 is 12.0. The summed E-state index contributed by atoms with van der Waals surface area (Å²) in [4.78, 5) is 12.2. The number of methoxy groups -OCH3 is 1. The lowest BCUT2D eigenvalue weighted by atomic mass is 10.3. The van der Waals surface area contributed by atoms with E-state index < -0.39 is 6.10 Å². The highest BCUT2D eigenvalue weighted by atomic mass is 35.5. The molecule has 0 saturated heterocycles. The minimum atomic E-state index is -0.730. The third-order valence-electron chi connectivity index (χ3n) is 2.95. The number of carbonyl (C=O) groups is 1. The van der Waals surface area contributed by atoms with E-state index in [0.717, 1.165) is 0 Å². The molecule has 0 spiro atoms. The molecule has 0 aliphatic carbocycles. The van der Waals surface area contributed by atoms with Gasteiger partial charge in [-0.15, -0.1) is 0 Å². The number of anilines is 1. The van der Waals surface area contributed by atoms with Crippen LogP contribution in [0, 0.1) is 0 Å². The van der Waals surface area contributed by atoms with Crippen molar-refractivity contribution in [3.05, 3.63) is 52.5 Å². The Balaban J connectivity index is 2.08. The first-order valence-electron chi connectivity index (χ1n) is 6.57. The fraction of sp³-hybridized carbons (Fsp3) is 0.188. The molecule has 0 heterocycles. The number of benzene rings is 2. The van der Waals surface area contributed by atoms with Crippen LogP contribution in [0.2, 0.25) is 10.0 Å². The van der Waals surface area contributed by atoms with Crippen molar-refractivity contribution in [2.75, 3.05) is 12.4 Å². The van der Waals surface area contributed by atoms with Crippen LogP contribution in [-0.4, -0.2) is 19.1 Å². The fourth-order valence-electron chi connectivity index (χ4n) is 1.79. The fourth-order valence-corrected chi connectivity index (χ4v) is 2.14. The van der Waals surface area contributed by atoms with Crippen molar-refractivity contribution in [3.63, 3.8) is 0 Å². The molecule has 0 radical (unpaired) electrons. The van der Waals surface area contributed by atoms with Gasteiger partial charge in [0.1, 0.15) is 0 Å². The van der Waals surface area contributed by atoms with Gasteiger partial charge in [0.25, 0.3) is 5.91 Å². The van der Waals surface area contributed by atoms with E-state index in [0.29, 0.717) is 27.2 Å².